The Balaban J connectivity index is 0.00000441. The summed E-state index contributed by atoms with van der Waals surface area (Å²) in [5.74, 6) is -2.73. The number of nitrogens with one attached hydrogen (secondary N) is 1. The van der Waals surface area contributed by atoms with Gasteiger partial charge in [-0.15, -0.1) is 12.4 Å². The molecule has 0 saturated heterocycles. The van der Waals surface area contributed by atoms with E-state index in [1.807, 2.05) is 32.0 Å². The van der Waals surface area contributed by atoms with E-state index in [4.69, 9.17) is 10.5 Å². The maximum absolute atomic E-state index is 12.8. The molecule has 0 aliphatic rings. The molecule has 1 amide bonds. The zero-order valence-electron chi connectivity index (χ0n) is 12.8. The summed E-state index contributed by atoms with van der Waals surface area (Å²) in [6.07, 6.45) is 0.610. The third-order valence-corrected chi connectivity index (χ3v) is 3.14. The summed E-state index contributed by atoms with van der Waals surface area (Å²) in [6, 6.07) is 5.76. The van der Waals surface area contributed by atoms with Gasteiger partial charge in [0.2, 0.25) is 5.91 Å². The van der Waals surface area contributed by atoms with Crippen LogP contribution in [0.1, 0.15) is 24.0 Å². The Morgan fingerprint density at radius 1 is 1.32 bits per heavy atom. The second kappa shape index (κ2) is 9.58. The lowest BCUT2D eigenvalue weighted by atomic mass is 10.1. The molecular weight excluding hydrogens is 314 g/mol. The first-order chi connectivity index (χ1) is 9.84. The Hall–Kier alpha value is -1.40. The number of hydrogen-bond acceptors (Lipinski definition) is 3. The minimum Gasteiger partial charge on any atom is -0.494 e. The predicted octanol–water partition coefficient (Wildman–Crippen LogP) is 2.59. The van der Waals surface area contributed by atoms with Crippen LogP contribution in [0.5, 0.6) is 5.75 Å². The molecular formula is C15H23ClF2N2O2. The van der Waals surface area contributed by atoms with Gasteiger partial charge >= 0.3 is 0 Å². The second-order valence-corrected chi connectivity index (χ2v) is 5.03. The molecule has 0 fully saturated rings. The number of carbonyl (C=O) groups is 1. The monoisotopic (exact) mass is 336 g/mol. The number of aryl methyl sites for hydroxylation is 2. The van der Waals surface area contributed by atoms with Gasteiger partial charge < -0.3 is 15.8 Å². The summed E-state index contributed by atoms with van der Waals surface area (Å²) in [7, 11) is 0. The Morgan fingerprint density at radius 3 is 2.59 bits per heavy atom. The molecule has 3 N–H and O–H groups in total. The zero-order valence-corrected chi connectivity index (χ0v) is 13.6. The number of alkyl halides is 2. The molecule has 0 saturated carbocycles. The van der Waals surface area contributed by atoms with Gasteiger partial charge in [-0.1, -0.05) is 6.07 Å². The van der Waals surface area contributed by atoms with Crippen molar-refractivity contribution in [3.05, 3.63) is 29.3 Å². The summed E-state index contributed by atoms with van der Waals surface area (Å²) in [5, 5.41) is 2.16. The topological polar surface area (TPSA) is 64.3 Å². The summed E-state index contributed by atoms with van der Waals surface area (Å²) < 4.78 is 31.2. The highest BCUT2D eigenvalue weighted by molar-refractivity contribution is 5.85. The van der Waals surface area contributed by atoms with E-state index in [2.05, 4.69) is 5.32 Å². The Morgan fingerprint density at radius 2 is 2.00 bits per heavy atom. The quantitative estimate of drug-likeness (QED) is 0.717. The predicted molar refractivity (Wildman–Crippen MR) is 84.9 cm³/mol. The normalized spacial score (nSPS) is 10.8. The second-order valence-electron chi connectivity index (χ2n) is 5.03. The lowest BCUT2D eigenvalue weighted by molar-refractivity contribution is -0.123. The van der Waals surface area contributed by atoms with Gasteiger partial charge in [-0.25, -0.2) is 8.78 Å². The summed E-state index contributed by atoms with van der Waals surface area (Å²) in [5.41, 5.74) is 7.20. The van der Waals surface area contributed by atoms with Gasteiger partial charge in [-0.05, 0) is 43.5 Å². The average molecular weight is 337 g/mol. The average Bonchev–Trinajstić information content (AvgIpc) is 2.45. The number of amides is 1. The highest BCUT2D eigenvalue weighted by Crippen LogP contribution is 2.16. The Kier molecular flexibility index (Phi) is 8.97. The molecule has 0 spiro atoms. The number of nitrogens with two attached hydrogens (primary N) is 1. The van der Waals surface area contributed by atoms with E-state index < -0.39 is 24.9 Å². The molecule has 0 aromatic heterocycles. The van der Waals surface area contributed by atoms with E-state index in [0.717, 1.165) is 11.3 Å². The molecule has 126 valence electrons. The van der Waals surface area contributed by atoms with Crippen LogP contribution in [-0.4, -0.2) is 31.5 Å². The van der Waals surface area contributed by atoms with E-state index in [1.54, 1.807) is 0 Å². The van der Waals surface area contributed by atoms with Gasteiger partial charge in [-0.2, -0.15) is 0 Å². The van der Waals surface area contributed by atoms with Gasteiger partial charge in [0, 0.05) is 6.42 Å². The van der Waals surface area contributed by atoms with Crippen LogP contribution in [0, 0.1) is 13.8 Å². The van der Waals surface area contributed by atoms with Crippen molar-refractivity contribution in [3.8, 4) is 5.75 Å². The molecule has 0 heterocycles. The summed E-state index contributed by atoms with van der Waals surface area (Å²) in [6.45, 7) is 2.88. The molecule has 22 heavy (non-hydrogen) atoms. The van der Waals surface area contributed by atoms with Crippen molar-refractivity contribution in [1.82, 2.24) is 5.32 Å². The molecule has 0 atom stereocenters. The van der Waals surface area contributed by atoms with Crippen LogP contribution in [0.3, 0.4) is 0 Å². The smallest absolute Gasteiger partial charge is 0.277 e. The first-order valence-electron chi connectivity index (χ1n) is 6.89. The highest BCUT2D eigenvalue weighted by atomic mass is 35.5. The highest BCUT2D eigenvalue weighted by Gasteiger charge is 2.26. The number of halogens is 3. The lowest BCUT2D eigenvalue weighted by Crippen LogP contribution is -2.41. The molecule has 0 radical (unpaired) electrons. The number of rotatable bonds is 8. The minimum atomic E-state index is -3.05. The molecule has 1 rings (SSSR count). The molecule has 7 heteroatoms. The number of carbonyl (C=O) groups excluding carboxylic acids is 1. The fraction of sp³-hybridized carbons (Fsp3) is 0.533. The zero-order chi connectivity index (χ0) is 15.9. The fourth-order valence-electron chi connectivity index (χ4n) is 1.61. The molecule has 0 bridgehead atoms. The third kappa shape index (κ3) is 7.56. The number of hydrogen-bond donors (Lipinski definition) is 2. The van der Waals surface area contributed by atoms with E-state index in [9.17, 15) is 13.6 Å². The SMILES string of the molecule is Cc1ccc(OCCCC(=O)NCC(F)(F)CN)cc1C.Cl. The first kappa shape index (κ1) is 20.6. The van der Waals surface area contributed by atoms with Gasteiger partial charge in [0.15, 0.2) is 0 Å². The van der Waals surface area contributed by atoms with Crippen molar-refractivity contribution in [3.63, 3.8) is 0 Å². The summed E-state index contributed by atoms with van der Waals surface area (Å²) >= 11 is 0. The fourth-order valence-corrected chi connectivity index (χ4v) is 1.61. The van der Waals surface area contributed by atoms with E-state index in [1.165, 1.54) is 5.56 Å². The van der Waals surface area contributed by atoms with Gasteiger partial charge in [0.25, 0.3) is 5.92 Å². The van der Waals surface area contributed by atoms with Crippen molar-refractivity contribution in [2.24, 2.45) is 5.73 Å². The van der Waals surface area contributed by atoms with Crippen LogP contribution in [0.2, 0.25) is 0 Å². The van der Waals surface area contributed by atoms with Crippen molar-refractivity contribution < 1.29 is 18.3 Å². The standard InChI is InChI=1S/C15H22F2N2O2.ClH/c1-11-5-6-13(8-12(11)2)21-7-3-4-14(20)19-10-15(16,17)9-18;/h5-6,8H,3-4,7,9-10,18H2,1-2H3,(H,19,20);1H. The van der Waals surface area contributed by atoms with Crippen LogP contribution in [-0.2, 0) is 4.79 Å². The third-order valence-electron chi connectivity index (χ3n) is 3.14. The van der Waals surface area contributed by atoms with Crippen LogP contribution in [0.4, 0.5) is 8.78 Å². The number of benzene rings is 1. The molecule has 0 aliphatic heterocycles. The maximum Gasteiger partial charge on any atom is 0.277 e. The maximum atomic E-state index is 12.8. The van der Waals surface area contributed by atoms with Crippen LogP contribution < -0.4 is 15.8 Å². The van der Waals surface area contributed by atoms with E-state index in [-0.39, 0.29) is 18.8 Å². The van der Waals surface area contributed by atoms with Crippen molar-refractivity contribution in [2.45, 2.75) is 32.6 Å². The van der Waals surface area contributed by atoms with E-state index in [0.29, 0.717) is 13.0 Å². The van der Waals surface area contributed by atoms with Crippen molar-refractivity contribution >= 4 is 18.3 Å². The van der Waals surface area contributed by atoms with Crippen LogP contribution in [0.25, 0.3) is 0 Å². The Bertz CT molecular complexity index is 485. The molecule has 4 nitrogen and oxygen atoms in total. The molecule has 0 unspecified atom stereocenters. The largest absolute Gasteiger partial charge is 0.494 e. The lowest BCUT2D eigenvalue weighted by Gasteiger charge is -2.14. The molecule has 1 aromatic rings. The van der Waals surface area contributed by atoms with Gasteiger partial charge in [0.1, 0.15) is 5.75 Å². The van der Waals surface area contributed by atoms with Crippen LogP contribution >= 0.6 is 12.4 Å². The number of ether oxygens (including phenoxy) is 1. The minimum absolute atomic E-state index is 0. The molecule has 1 aromatic carbocycles. The van der Waals surface area contributed by atoms with E-state index >= 15 is 0 Å². The van der Waals surface area contributed by atoms with Crippen LogP contribution in [0.15, 0.2) is 18.2 Å². The summed E-state index contributed by atoms with van der Waals surface area (Å²) in [4.78, 5) is 11.4. The Labute approximate surface area is 135 Å². The first-order valence-corrected chi connectivity index (χ1v) is 6.89. The van der Waals surface area contributed by atoms with Gasteiger partial charge in [-0.3, -0.25) is 4.79 Å². The molecule has 0 aliphatic carbocycles. The van der Waals surface area contributed by atoms with Gasteiger partial charge in [0.05, 0.1) is 19.7 Å². The van der Waals surface area contributed by atoms with Crippen molar-refractivity contribution in [2.75, 3.05) is 19.7 Å². The van der Waals surface area contributed by atoms with Crippen molar-refractivity contribution in [1.29, 1.82) is 0 Å².